The second kappa shape index (κ2) is 21.5. The molecule has 12 nitrogen and oxygen atoms in total. The second-order valence-corrected chi connectivity index (χ2v) is 22.9. The molecule has 2 heterocycles. The molecule has 1 N–H and O–H groups in total. The van der Waals surface area contributed by atoms with Crippen LogP contribution in [0.3, 0.4) is 0 Å². The van der Waals surface area contributed by atoms with Gasteiger partial charge in [-0.1, -0.05) is 119 Å². The highest BCUT2D eigenvalue weighted by atomic mass is 16.7. The molecular weight excluding hydrogens is 937 g/mol. The largest absolute Gasteiger partial charge is 0.459 e. The van der Waals surface area contributed by atoms with Crippen LogP contribution in [0.4, 0.5) is 0 Å². The Morgan fingerprint density at radius 2 is 1.19 bits per heavy atom. The fourth-order valence-corrected chi connectivity index (χ4v) is 14.8. The molecule has 2 aliphatic heterocycles. The zero-order chi connectivity index (χ0) is 51.8. The molecule has 0 bridgehead atoms. The molecule has 3 saturated carbocycles. The van der Waals surface area contributed by atoms with Crippen LogP contribution in [0.15, 0.2) is 133 Å². The third-order valence-corrected chi connectivity index (χ3v) is 18.5. The Hall–Kier alpha value is -5.66. The summed E-state index contributed by atoms with van der Waals surface area (Å²) >= 11 is 0. The van der Waals surface area contributed by atoms with Crippen LogP contribution < -0.4 is 0 Å². The van der Waals surface area contributed by atoms with E-state index in [0.29, 0.717) is 42.1 Å². The van der Waals surface area contributed by atoms with Gasteiger partial charge in [-0.25, -0.2) is 19.2 Å². The van der Waals surface area contributed by atoms with Crippen molar-refractivity contribution in [3.05, 3.63) is 155 Å². The van der Waals surface area contributed by atoms with E-state index in [9.17, 15) is 24.3 Å². The van der Waals surface area contributed by atoms with Gasteiger partial charge in [-0.2, -0.15) is 0 Å². The van der Waals surface area contributed by atoms with E-state index in [4.69, 9.17) is 33.2 Å². The van der Waals surface area contributed by atoms with E-state index in [-0.39, 0.29) is 57.7 Å². The maximum absolute atomic E-state index is 14.2. The molecule has 0 radical (unpaired) electrons. The zero-order valence-corrected chi connectivity index (χ0v) is 43.3. The predicted octanol–water partition coefficient (Wildman–Crippen LogP) is 11.0. The minimum atomic E-state index is -1.50. The van der Waals surface area contributed by atoms with Gasteiger partial charge < -0.3 is 38.3 Å². The molecular formula is C62H72O12. The lowest BCUT2D eigenvalue weighted by molar-refractivity contribution is -0.310. The predicted molar refractivity (Wildman–Crippen MR) is 276 cm³/mol. The summed E-state index contributed by atoms with van der Waals surface area (Å²) in [6.07, 6.45) is 4.01. The van der Waals surface area contributed by atoms with Crippen molar-refractivity contribution in [2.24, 2.45) is 45.8 Å². The van der Waals surface area contributed by atoms with Crippen molar-refractivity contribution >= 4 is 23.9 Å². The smallest absolute Gasteiger partial charge is 0.338 e. The van der Waals surface area contributed by atoms with Crippen molar-refractivity contribution < 1.29 is 57.4 Å². The number of aliphatic hydroxyl groups is 1. The minimum absolute atomic E-state index is 0.0768. The van der Waals surface area contributed by atoms with E-state index in [0.717, 1.165) is 44.9 Å². The maximum Gasteiger partial charge on any atom is 0.338 e. The number of rotatable bonds is 15. The molecule has 10 rings (SSSR count). The first kappa shape index (κ1) is 51.8. The number of hydrogen-bond acceptors (Lipinski definition) is 12. The normalized spacial score (nSPS) is 35.4. The van der Waals surface area contributed by atoms with E-state index in [2.05, 4.69) is 40.7 Å². The van der Waals surface area contributed by atoms with Crippen LogP contribution in [0.25, 0.3) is 0 Å². The van der Waals surface area contributed by atoms with Crippen molar-refractivity contribution in [1.29, 1.82) is 0 Å². The van der Waals surface area contributed by atoms with Gasteiger partial charge in [0.25, 0.3) is 0 Å². The number of carbonyl (C=O) groups is 4. The van der Waals surface area contributed by atoms with Gasteiger partial charge in [0.05, 0.1) is 40.6 Å². The molecule has 74 heavy (non-hydrogen) atoms. The Balaban J connectivity index is 0.951. The number of esters is 4. The third kappa shape index (κ3) is 9.99. The highest BCUT2D eigenvalue weighted by molar-refractivity contribution is 5.91. The molecule has 12 heteroatoms. The average molecular weight is 1010 g/mol. The van der Waals surface area contributed by atoms with E-state index in [1.807, 2.05) is 0 Å². The Morgan fingerprint density at radius 1 is 0.649 bits per heavy atom. The fourth-order valence-electron chi connectivity index (χ4n) is 14.8. The Labute approximate surface area is 435 Å². The second-order valence-electron chi connectivity index (χ2n) is 22.9. The summed E-state index contributed by atoms with van der Waals surface area (Å²) in [5.41, 5.74) is 2.51. The van der Waals surface area contributed by atoms with Crippen molar-refractivity contribution in [2.75, 3.05) is 13.2 Å². The van der Waals surface area contributed by atoms with Crippen LogP contribution in [0.5, 0.6) is 0 Å². The molecule has 392 valence electrons. The molecule has 2 saturated heterocycles. The van der Waals surface area contributed by atoms with Crippen molar-refractivity contribution in [2.45, 2.75) is 141 Å². The van der Waals surface area contributed by atoms with Crippen molar-refractivity contribution in [1.82, 2.24) is 0 Å². The Bertz CT molecular complexity index is 2640. The highest BCUT2D eigenvalue weighted by Gasteiger charge is 2.68. The summed E-state index contributed by atoms with van der Waals surface area (Å²) in [7, 11) is 0. The number of hydrogen-bond donors (Lipinski definition) is 1. The Kier molecular flexibility index (Phi) is 15.1. The minimum Gasteiger partial charge on any atom is -0.459 e. The summed E-state index contributed by atoms with van der Waals surface area (Å²) in [4.78, 5) is 56.1. The highest BCUT2D eigenvalue weighted by Crippen LogP contribution is 2.73. The molecule has 0 amide bonds. The van der Waals surface area contributed by atoms with E-state index in [1.165, 1.54) is 5.57 Å². The van der Waals surface area contributed by atoms with Crippen LogP contribution in [0.2, 0.25) is 0 Å². The van der Waals surface area contributed by atoms with Crippen LogP contribution in [0, 0.1) is 45.8 Å². The number of fused-ring (bicyclic) bond motifs is 7. The monoisotopic (exact) mass is 1010 g/mol. The van der Waals surface area contributed by atoms with Crippen LogP contribution in [-0.2, 0) is 33.2 Å². The number of carbonyl (C=O) groups excluding carboxylic acids is 4. The summed E-state index contributed by atoms with van der Waals surface area (Å²) in [5, 5.41) is 9.73. The molecule has 0 aromatic heterocycles. The quantitative estimate of drug-likeness (QED) is 0.0685. The average Bonchev–Trinajstić information content (AvgIpc) is 3.92. The fraction of sp³-hybridized carbons (Fsp3) is 0.516. The van der Waals surface area contributed by atoms with Gasteiger partial charge in [-0.05, 0) is 152 Å². The lowest BCUT2D eigenvalue weighted by atomic mass is 9.41. The third-order valence-electron chi connectivity index (χ3n) is 18.5. The topological polar surface area (TPSA) is 153 Å². The van der Waals surface area contributed by atoms with Crippen molar-refractivity contribution in [3.8, 4) is 0 Å². The van der Waals surface area contributed by atoms with Gasteiger partial charge in [0.1, 0.15) is 12.7 Å². The van der Waals surface area contributed by atoms with Crippen LogP contribution >= 0.6 is 0 Å². The molecule has 3 unspecified atom stereocenters. The lowest BCUT2D eigenvalue weighted by Crippen LogP contribution is -2.63. The summed E-state index contributed by atoms with van der Waals surface area (Å²) in [5.74, 6) is -0.635. The van der Waals surface area contributed by atoms with Crippen LogP contribution in [-0.4, -0.2) is 91.2 Å². The molecule has 5 fully saturated rings. The van der Waals surface area contributed by atoms with E-state index < -0.39 is 67.3 Å². The van der Waals surface area contributed by atoms with Gasteiger partial charge in [0.2, 0.25) is 0 Å². The van der Waals surface area contributed by atoms with E-state index in [1.54, 1.807) is 121 Å². The van der Waals surface area contributed by atoms with Crippen molar-refractivity contribution in [3.63, 3.8) is 0 Å². The first-order valence-electron chi connectivity index (χ1n) is 27.0. The zero-order valence-electron chi connectivity index (χ0n) is 43.3. The standard InChI is InChI=1S/C62H72O12/c1-38(36-63)26-27-46-39(2)51-47(70-46)35-50-61(4)31-28-44-34-45(29-32-60(44,3)49(61)30-33-62(50,51)5)69-59-54(74-58(67)43-24-16-9-17-25-43)53(73-57(66)42-22-14-8-15-23-42)52(72-56(65)41-20-12-7-13-21-41)48(71-59)37-68-55(64)40-18-10-6-11-19-40/h6-25,28,38-39,45-54,59,63H,26-27,29-37H2,1-5H3/t38-,39-,45+,46-,47-,48?,49-,50+,51-,52-,53?,54?,59-,60+,61-,62+/m1/s1. The lowest BCUT2D eigenvalue weighted by Gasteiger charge is -2.63. The number of allylic oxidation sites excluding steroid dienone is 1. The van der Waals surface area contributed by atoms with Crippen LogP contribution in [0.1, 0.15) is 134 Å². The molecule has 16 atom stereocenters. The molecule has 0 spiro atoms. The van der Waals surface area contributed by atoms with Gasteiger partial charge in [-0.3, -0.25) is 0 Å². The SMILES string of the molecule is C[C@@H](CO)CC[C@H]1O[C@@H]2C[C@H]3[C@]4(C)CC=C5C[C@@H](O[C@@H]6OC(COC(=O)c7ccccc7)[C@@H](OC(=O)c7ccccc7)C(OC(=O)c7ccccc7)C6OC(=O)c6ccccc6)CC[C@]5(C)[C@H]4CC[C@]3(C)[C@@H]2[C@@H]1C. The number of aliphatic hydroxyl groups excluding tert-OH is 1. The van der Waals surface area contributed by atoms with Gasteiger partial charge in [-0.15, -0.1) is 0 Å². The van der Waals surface area contributed by atoms with E-state index >= 15 is 0 Å². The summed E-state index contributed by atoms with van der Waals surface area (Å²) in [6, 6.07) is 33.7. The van der Waals surface area contributed by atoms with Gasteiger partial charge in [0.15, 0.2) is 24.6 Å². The maximum atomic E-state index is 14.2. The summed E-state index contributed by atoms with van der Waals surface area (Å²) < 4.78 is 45.8. The number of ether oxygens (including phenoxy) is 7. The molecule has 6 aliphatic rings. The molecule has 4 aromatic carbocycles. The Morgan fingerprint density at radius 3 is 1.76 bits per heavy atom. The first-order valence-corrected chi connectivity index (χ1v) is 27.0. The summed E-state index contributed by atoms with van der Waals surface area (Å²) in [6.45, 7) is 11.9. The van der Waals surface area contributed by atoms with Gasteiger partial charge in [0, 0.05) is 6.61 Å². The number of benzene rings is 4. The first-order chi connectivity index (χ1) is 35.7. The molecule has 4 aromatic rings. The molecule has 4 aliphatic carbocycles. The van der Waals surface area contributed by atoms with Gasteiger partial charge >= 0.3 is 23.9 Å².